The number of esters is 1. The zero-order valence-electron chi connectivity index (χ0n) is 18.9. The fourth-order valence-electron chi connectivity index (χ4n) is 3.23. The Hall–Kier alpha value is -2.97. The number of fused-ring (bicyclic) bond motifs is 1. The fourth-order valence-corrected chi connectivity index (χ4v) is 5.10. The quantitative estimate of drug-likeness (QED) is 0.208. The van der Waals surface area contributed by atoms with Crippen LogP contribution in [0.2, 0.25) is 0 Å². The molecule has 3 heterocycles. The van der Waals surface area contributed by atoms with Gasteiger partial charge in [0.05, 0.1) is 12.1 Å². The molecule has 34 heavy (non-hydrogen) atoms. The van der Waals surface area contributed by atoms with Crippen LogP contribution in [0.4, 0.5) is 0 Å². The van der Waals surface area contributed by atoms with E-state index in [2.05, 4.69) is 15.5 Å². The molecule has 0 aromatic carbocycles. The number of oxime groups is 1. The molecule has 1 aromatic rings. The number of rotatable bonds is 9. The molecule has 2 atom stereocenters. The summed E-state index contributed by atoms with van der Waals surface area (Å²) in [7, 11) is 1.44. The highest BCUT2D eigenvalue weighted by Gasteiger charge is 2.54. The molecule has 1 saturated heterocycles. The fraction of sp³-hybridized carbons (Fsp3) is 0.500. The van der Waals surface area contributed by atoms with Crippen LogP contribution in [-0.4, -0.2) is 87.5 Å². The Balaban J connectivity index is 1.72. The van der Waals surface area contributed by atoms with Gasteiger partial charge in [-0.3, -0.25) is 14.5 Å². The lowest BCUT2D eigenvalue weighted by molar-refractivity contribution is -0.160. The van der Waals surface area contributed by atoms with Gasteiger partial charge in [0.25, 0.3) is 11.8 Å². The summed E-state index contributed by atoms with van der Waals surface area (Å²) in [4.78, 5) is 59.5. The molecule has 1 unspecified atom stereocenters. The summed E-state index contributed by atoms with van der Waals surface area (Å²) in [6.07, 6.45) is 0. The SMILES string of the molecule is COCC1=C(C(=O)O)N2C(=O)C(NC(=O)/C(=N\OCC(=O)OC(C)(C)C)c3cscn3)[C@@H]2SC1. The molecule has 2 N–H and O–H groups in total. The first-order valence-electron chi connectivity index (χ1n) is 10.0. The van der Waals surface area contributed by atoms with Gasteiger partial charge in [0.2, 0.25) is 6.61 Å². The normalized spacial score (nSPS) is 20.4. The van der Waals surface area contributed by atoms with Gasteiger partial charge in [-0.25, -0.2) is 14.6 Å². The van der Waals surface area contributed by atoms with Gasteiger partial charge in [-0.2, -0.15) is 0 Å². The van der Waals surface area contributed by atoms with Crippen molar-refractivity contribution in [2.75, 3.05) is 26.1 Å². The van der Waals surface area contributed by atoms with E-state index in [-0.39, 0.29) is 23.7 Å². The minimum atomic E-state index is -1.24. The molecule has 0 saturated carbocycles. The number of nitrogens with zero attached hydrogens (tertiary/aromatic N) is 3. The van der Waals surface area contributed by atoms with E-state index in [0.29, 0.717) is 11.3 Å². The minimum Gasteiger partial charge on any atom is -0.477 e. The van der Waals surface area contributed by atoms with E-state index in [1.165, 1.54) is 35.7 Å². The number of ether oxygens (including phenoxy) is 2. The number of methoxy groups -OCH3 is 1. The van der Waals surface area contributed by atoms with E-state index in [1.807, 2.05) is 0 Å². The van der Waals surface area contributed by atoms with Gasteiger partial charge in [-0.1, -0.05) is 5.16 Å². The van der Waals surface area contributed by atoms with Gasteiger partial charge < -0.3 is 24.7 Å². The second-order valence-corrected chi connectivity index (χ2v) is 10.0. The van der Waals surface area contributed by atoms with Crippen molar-refractivity contribution in [1.82, 2.24) is 15.2 Å². The number of nitrogens with one attached hydrogen (secondary N) is 1. The van der Waals surface area contributed by atoms with Crippen LogP contribution in [0.3, 0.4) is 0 Å². The molecule has 184 valence electrons. The molecule has 0 spiro atoms. The number of thioether (sulfide) groups is 1. The minimum absolute atomic E-state index is 0.0811. The van der Waals surface area contributed by atoms with Crippen molar-refractivity contribution >= 4 is 52.6 Å². The molecule has 2 aliphatic heterocycles. The number of thiazole rings is 1. The summed E-state index contributed by atoms with van der Waals surface area (Å²) in [5, 5.41) is 16.9. The summed E-state index contributed by atoms with van der Waals surface area (Å²) in [6.45, 7) is 4.66. The van der Waals surface area contributed by atoms with E-state index < -0.39 is 47.4 Å². The third-order valence-electron chi connectivity index (χ3n) is 4.50. The second-order valence-electron chi connectivity index (χ2n) is 8.22. The molecule has 1 fully saturated rings. The van der Waals surface area contributed by atoms with E-state index in [1.54, 1.807) is 26.2 Å². The Morgan fingerprint density at radius 2 is 2.09 bits per heavy atom. The van der Waals surface area contributed by atoms with Crippen LogP contribution in [0.1, 0.15) is 26.5 Å². The lowest BCUT2D eigenvalue weighted by Crippen LogP contribution is -2.71. The third-order valence-corrected chi connectivity index (χ3v) is 6.43. The van der Waals surface area contributed by atoms with Crippen molar-refractivity contribution in [3.63, 3.8) is 0 Å². The van der Waals surface area contributed by atoms with E-state index in [4.69, 9.17) is 14.3 Å². The first-order valence-corrected chi connectivity index (χ1v) is 12.0. The van der Waals surface area contributed by atoms with Crippen LogP contribution in [-0.2, 0) is 33.5 Å². The van der Waals surface area contributed by atoms with Gasteiger partial charge >= 0.3 is 11.9 Å². The number of carbonyl (C=O) groups is 4. The predicted molar refractivity (Wildman–Crippen MR) is 122 cm³/mol. The highest BCUT2D eigenvalue weighted by atomic mass is 32.2. The maximum absolute atomic E-state index is 12.9. The Labute approximate surface area is 203 Å². The zero-order chi connectivity index (χ0) is 25.0. The number of hydrogen-bond donors (Lipinski definition) is 2. The van der Waals surface area contributed by atoms with Crippen LogP contribution in [0.5, 0.6) is 0 Å². The first kappa shape index (κ1) is 25.6. The summed E-state index contributed by atoms with van der Waals surface area (Å²) in [5.41, 5.74) is 1.09. The van der Waals surface area contributed by atoms with Gasteiger partial charge in [0.15, 0.2) is 5.71 Å². The van der Waals surface area contributed by atoms with Crippen molar-refractivity contribution in [2.45, 2.75) is 37.8 Å². The number of carbonyl (C=O) groups excluding carboxylic acids is 3. The van der Waals surface area contributed by atoms with Gasteiger partial charge in [0, 0.05) is 18.2 Å². The van der Waals surface area contributed by atoms with Gasteiger partial charge in [-0.15, -0.1) is 23.1 Å². The Morgan fingerprint density at radius 3 is 2.68 bits per heavy atom. The van der Waals surface area contributed by atoms with Crippen molar-refractivity contribution < 1.29 is 38.6 Å². The number of β-lactam (4-membered cyclic amide) rings is 1. The standard InChI is InChI=1S/C20H24N4O8S2/c1-20(2,3)32-12(25)6-31-23-13(11-8-33-9-21-11)16(26)22-14-17(27)24-15(19(28)29)10(5-30-4)7-34-18(14)24/h8-9,14,18H,5-7H2,1-4H3,(H,22,26)(H,28,29)/b23-13-/t14?,18-/m0/s1. The predicted octanol–water partition coefficient (Wildman–Crippen LogP) is 0.591. The lowest BCUT2D eigenvalue weighted by atomic mass is 10.0. The van der Waals surface area contributed by atoms with Gasteiger partial charge in [0.1, 0.15) is 28.4 Å². The lowest BCUT2D eigenvalue weighted by Gasteiger charge is -2.49. The molecular weight excluding hydrogens is 488 g/mol. The topological polar surface area (TPSA) is 157 Å². The number of aromatic nitrogens is 1. The molecule has 12 nitrogen and oxygen atoms in total. The number of carboxylic acids is 1. The Morgan fingerprint density at radius 1 is 1.35 bits per heavy atom. The van der Waals surface area contributed by atoms with E-state index in [0.717, 1.165) is 4.90 Å². The van der Waals surface area contributed by atoms with Crippen LogP contribution < -0.4 is 5.32 Å². The Bertz CT molecular complexity index is 1030. The number of carboxylic acid groups (broad SMARTS) is 1. The summed E-state index contributed by atoms with van der Waals surface area (Å²) in [5.74, 6) is -2.89. The summed E-state index contributed by atoms with van der Waals surface area (Å²) >= 11 is 2.53. The van der Waals surface area contributed by atoms with Crippen LogP contribution in [0.15, 0.2) is 27.3 Å². The molecule has 0 aliphatic carbocycles. The summed E-state index contributed by atoms with van der Waals surface area (Å²) < 4.78 is 10.2. The maximum Gasteiger partial charge on any atom is 0.352 e. The molecule has 0 bridgehead atoms. The molecular formula is C20H24N4O8S2. The van der Waals surface area contributed by atoms with Crippen molar-refractivity contribution in [3.8, 4) is 0 Å². The van der Waals surface area contributed by atoms with Crippen LogP contribution in [0, 0.1) is 0 Å². The van der Waals surface area contributed by atoms with Crippen molar-refractivity contribution in [3.05, 3.63) is 27.9 Å². The second kappa shape index (κ2) is 10.5. The molecule has 2 aliphatic rings. The largest absolute Gasteiger partial charge is 0.477 e. The van der Waals surface area contributed by atoms with Crippen molar-refractivity contribution in [2.24, 2.45) is 5.16 Å². The number of hydrogen-bond acceptors (Lipinski definition) is 11. The summed E-state index contributed by atoms with van der Waals surface area (Å²) in [6, 6.07) is -0.967. The maximum atomic E-state index is 12.9. The number of aliphatic carboxylic acids is 1. The Kier molecular flexibility index (Phi) is 7.94. The molecule has 3 rings (SSSR count). The van der Waals surface area contributed by atoms with E-state index >= 15 is 0 Å². The molecule has 2 amide bonds. The highest BCUT2D eigenvalue weighted by molar-refractivity contribution is 8.00. The van der Waals surface area contributed by atoms with Crippen LogP contribution in [0.25, 0.3) is 0 Å². The van der Waals surface area contributed by atoms with Crippen LogP contribution >= 0.6 is 23.1 Å². The average Bonchev–Trinajstić information content (AvgIpc) is 3.27. The first-order chi connectivity index (χ1) is 16.0. The smallest absolute Gasteiger partial charge is 0.352 e. The van der Waals surface area contributed by atoms with Crippen molar-refractivity contribution in [1.29, 1.82) is 0 Å². The number of amides is 2. The average molecular weight is 513 g/mol. The van der Waals surface area contributed by atoms with Gasteiger partial charge in [-0.05, 0) is 26.3 Å². The monoisotopic (exact) mass is 512 g/mol. The third kappa shape index (κ3) is 5.74. The molecule has 0 radical (unpaired) electrons. The highest BCUT2D eigenvalue weighted by Crippen LogP contribution is 2.40. The van der Waals surface area contributed by atoms with E-state index in [9.17, 15) is 24.3 Å². The zero-order valence-corrected chi connectivity index (χ0v) is 20.5. The molecule has 1 aromatic heterocycles. The molecule has 14 heteroatoms.